The second-order valence-electron chi connectivity index (χ2n) is 5.71. The van der Waals surface area contributed by atoms with Gasteiger partial charge in [0.25, 0.3) is 5.91 Å². The zero-order chi connectivity index (χ0) is 16.9. The quantitative estimate of drug-likeness (QED) is 0.709. The van der Waals surface area contributed by atoms with Crippen molar-refractivity contribution in [1.82, 2.24) is 14.7 Å². The van der Waals surface area contributed by atoms with Gasteiger partial charge >= 0.3 is 0 Å². The van der Waals surface area contributed by atoms with Gasteiger partial charge in [0.15, 0.2) is 0 Å². The Hall–Kier alpha value is -2.66. The van der Waals surface area contributed by atoms with Crippen molar-refractivity contribution in [2.75, 3.05) is 20.3 Å². The lowest BCUT2D eigenvalue weighted by atomic mass is 10.1. The normalized spacial score (nSPS) is 10.9. The van der Waals surface area contributed by atoms with Crippen LogP contribution in [0.2, 0.25) is 0 Å². The third kappa shape index (κ3) is 3.31. The molecule has 0 fully saturated rings. The van der Waals surface area contributed by atoms with E-state index >= 15 is 0 Å². The van der Waals surface area contributed by atoms with Crippen molar-refractivity contribution < 1.29 is 9.53 Å². The Balaban J connectivity index is 2.01. The highest BCUT2D eigenvalue weighted by Gasteiger charge is 2.20. The maximum absolute atomic E-state index is 12.7. The number of benzene rings is 1. The molecule has 0 saturated heterocycles. The molecule has 2 aromatic heterocycles. The van der Waals surface area contributed by atoms with E-state index in [-0.39, 0.29) is 5.91 Å². The summed E-state index contributed by atoms with van der Waals surface area (Å²) in [6, 6.07) is 13.7. The van der Waals surface area contributed by atoms with Crippen LogP contribution in [0.3, 0.4) is 0 Å². The van der Waals surface area contributed by atoms with Crippen LogP contribution >= 0.6 is 0 Å². The standard InChI is InChI=1S/C19H21N3O2/c1-14-9-11-22-16(13-14)21-17(15-7-4-3-5-8-15)18(22)19(23)20-10-6-12-24-2/h3-5,7-9,11,13H,6,10,12H2,1-2H3,(H,20,23). The highest BCUT2D eigenvalue weighted by Crippen LogP contribution is 2.24. The molecule has 124 valence electrons. The second-order valence-corrected chi connectivity index (χ2v) is 5.71. The van der Waals surface area contributed by atoms with E-state index in [4.69, 9.17) is 4.74 Å². The van der Waals surface area contributed by atoms with Gasteiger partial charge in [0, 0.05) is 32.0 Å². The Labute approximate surface area is 141 Å². The molecule has 1 amide bonds. The molecular weight excluding hydrogens is 302 g/mol. The topological polar surface area (TPSA) is 55.6 Å². The third-order valence-corrected chi connectivity index (χ3v) is 3.85. The van der Waals surface area contributed by atoms with Gasteiger partial charge in [0.1, 0.15) is 17.0 Å². The molecule has 0 bridgehead atoms. The van der Waals surface area contributed by atoms with E-state index < -0.39 is 0 Å². The molecule has 24 heavy (non-hydrogen) atoms. The Morgan fingerprint density at radius 1 is 1.25 bits per heavy atom. The summed E-state index contributed by atoms with van der Waals surface area (Å²) >= 11 is 0. The van der Waals surface area contributed by atoms with E-state index in [0.717, 1.165) is 23.2 Å². The van der Waals surface area contributed by atoms with Crippen molar-refractivity contribution >= 4 is 11.6 Å². The van der Waals surface area contributed by atoms with Crippen molar-refractivity contribution in [3.05, 3.63) is 59.9 Å². The first-order valence-electron chi connectivity index (χ1n) is 8.02. The van der Waals surface area contributed by atoms with E-state index in [0.29, 0.717) is 24.5 Å². The SMILES string of the molecule is COCCCNC(=O)c1c(-c2ccccc2)nc2cc(C)ccn12. The Bertz CT molecular complexity index is 840. The third-order valence-electron chi connectivity index (χ3n) is 3.85. The summed E-state index contributed by atoms with van der Waals surface area (Å²) in [6.07, 6.45) is 2.67. The fourth-order valence-electron chi connectivity index (χ4n) is 2.66. The number of methoxy groups -OCH3 is 1. The Kier molecular flexibility index (Phi) is 4.91. The zero-order valence-corrected chi connectivity index (χ0v) is 14.0. The van der Waals surface area contributed by atoms with Gasteiger partial charge in [0.05, 0.1) is 0 Å². The molecule has 1 N–H and O–H groups in total. The average Bonchev–Trinajstić information content (AvgIpc) is 2.98. The first kappa shape index (κ1) is 16.2. The molecule has 2 heterocycles. The monoisotopic (exact) mass is 323 g/mol. The smallest absolute Gasteiger partial charge is 0.270 e. The Morgan fingerprint density at radius 2 is 2.04 bits per heavy atom. The number of nitrogens with one attached hydrogen (secondary N) is 1. The van der Waals surface area contributed by atoms with Crippen LogP contribution in [-0.2, 0) is 4.74 Å². The molecule has 0 aliphatic rings. The minimum absolute atomic E-state index is 0.124. The number of ether oxygens (including phenoxy) is 1. The van der Waals surface area contributed by atoms with Gasteiger partial charge in [-0.05, 0) is 31.0 Å². The molecule has 3 aromatic rings. The van der Waals surface area contributed by atoms with Crippen LogP contribution in [0.4, 0.5) is 0 Å². The van der Waals surface area contributed by atoms with Crippen molar-refractivity contribution in [2.45, 2.75) is 13.3 Å². The Morgan fingerprint density at radius 3 is 2.79 bits per heavy atom. The summed E-state index contributed by atoms with van der Waals surface area (Å²) in [6.45, 7) is 3.21. The molecule has 0 saturated carbocycles. The predicted molar refractivity (Wildman–Crippen MR) is 94.2 cm³/mol. The lowest BCUT2D eigenvalue weighted by molar-refractivity contribution is 0.0943. The number of pyridine rings is 1. The molecule has 0 spiro atoms. The second kappa shape index (κ2) is 7.27. The number of aryl methyl sites for hydroxylation is 1. The van der Waals surface area contributed by atoms with Crippen molar-refractivity contribution in [3.63, 3.8) is 0 Å². The van der Waals surface area contributed by atoms with Gasteiger partial charge in [-0.25, -0.2) is 4.98 Å². The van der Waals surface area contributed by atoms with Crippen LogP contribution < -0.4 is 5.32 Å². The summed E-state index contributed by atoms with van der Waals surface area (Å²) < 4.78 is 6.87. The number of imidazole rings is 1. The number of hydrogen-bond donors (Lipinski definition) is 1. The largest absolute Gasteiger partial charge is 0.385 e. The maximum atomic E-state index is 12.7. The number of fused-ring (bicyclic) bond motifs is 1. The minimum atomic E-state index is -0.124. The van der Waals surface area contributed by atoms with Crippen LogP contribution in [0.25, 0.3) is 16.9 Å². The number of hydrogen-bond acceptors (Lipinski definition) is 3. The number of carbonyl (C=O) groups is 1. The van der Waals surface area contributed by atoms with Crippen LogP contribution in [0.1, 0.15) is 22.5 Å². The van der Waals surface area contributed by atoms with Crippen LogP contribution in [0.5, 0.6) is 0 Å². The van der Waals surface area contributed by atoms with Crippen LogP contribution in [-0.4, -0.2) is 35.6 Å². The van der Waals surface area contributed by atoms with Gasteiger partial charge in [-0.1, -0.05) is 30.3 Å². The highest BCUT2D eigenvalue weighted by molar-refractivity contribution is 5.99. The molecule has 0 atom stereocenters. The minimum Gasteiger partial charge on any atom is -0.385 e. The highest BCUT2D eigenvalue weighted by atomic mass is 16.5. The fraction of sp³-hybridized carbons (Fsp3) is 0.263. The molecule has 0 aliphatic heterocycles. The molecule has 0 radical (unpaired) electrons. The molecule has 3 rings (SSSR count). The zero-order valence-electron chi connectivity index (χ0n) is 14.0. The fourth-order valence-corrected chi connectivity index (χ4v) is 2.66. The lowest BCUT2D eigenvalue weighted by Crippen LogP contribution is -2.27. The van der Waals surface area contributed by atoms with E-state index in [2.05, 4.69) is 10.3 Å². The maximum Gasteiger partial charge on any atom is 0.270 e. The van der Waals surface area contributed by atoms with Gasteiger partial charge < -0.3 is 10.1 Å². The summed E-state index contributed by atoms with van der Waals surface area (Å²) in [4.78, 5) is 17.4. The van der Waals surface area contributed by atoms with Crippen molar-refractivity contribution in [3.8, 4) is 11.3 Å². The number of rotatable bonds is 6. The summed E-state index contributed by atoms with van der Waals surface area (Å²) in [5.41, 5.74) is 4.08. The van der Waals surface area contributed by atoms with Gasteiger partial charge in [-0.3, -0.25) is 9.20 Å². The molecule has 5 nitrogen and oxygen atoms in total. The number of amides is 1. The van der Waals surface area contributed by atoms with Crippen molar-refractivity contribution in [1.29, 1.82) is 0 Å². The summed E-state index contributed by atoms with van der Waals surface area (Å²) in [5.74, 6) is -0.124. The van der Waals surface area contributed by atoms with Crippen LogP contribution in [0.15, 0.2) is 48.7 Å². The predicted octanol–water partition coefficient (Wildman–Crippen LogP) is 3.08. The van der Waals surface area contributed by atoms with Gasteiger partial charge in [0.2, 0.25) is 0 Å². The van der Waals surface area contributed by atoms with Crippen molar-refractivity contribution in [2.24, 2.45) is 0 Å². The molecule has 0 unspecified atom stereocenters. The average molecular weight is 323 g/mol. The van der Waals surface area contributed by atoms with Gasteiger partial charge in [-0.2, -0.15) is 0 Å². The first-order chi connectivity index (χ1) is 11.7. The molecule has 1 aromatic carbocycles. The molecule has 0 aliphatic carbocycles. The van der Waals surface area contributed by atoms with Crippen LogP contribution in [0, 0.1) is 6.92 Å². The van der Waals surface area contributed by atoms with Gasteiger partial charge in [-0.15, -0.1) is 0 Å². The van der Waals surface area contributed by atoms with E-state index in [1.54, 1.807) is 7.11 Å². The van der Waals surface area contributed by atoms with E-state index in [1.807, 2.05) is 60.0 Å². The number of nitrogens with zero attached hydrogens (tertiary/aromatic N) is 2. The summed E-state index contributed by atoms with van der Waals surface area (Å²) in [7, 11) is 1.65. The lowest BCUT2D eigenvalue weighted by Gasteiger charge is -2.07. The first-order valence-corrected chi connectivity index (χ1v) is 8.02. The molecular formula is C19H21N3O2. The summed E-state index contributed by atoms with van der Waals surface area (Å²) in [5, 5.41) is 2.96. The van der Waals surface area contributed by atoms with E-state index in [9.17, 15) is 4.79 Å². The number of carbonyl (C=O) groups excluding carboxylic acids is 1. The molecule has 5 heteroatoms. The number of aromatic nitrogens is 2. The van der Waals surface area contributed by atoms with E-state index in [1.165, 1.54) is 0 Å².